The molecule has 1 aromatic rings. The molecule has 1 saturated heterocycles. The maximum atomic E-state index is 12.7. The van der Waals surface area contributed by atoms with Gasteiger partial charge >= 0.3 is 0 Å². The van der Waals surface area contributed by atoms with Crippen molar-refractivity contribution in [3.05, 3.63) is 23.3 Å². The Morgan fingerprint density at radius 1 is 1.30 bits per heavy atom. The number of likely N-dealkylation sites (tertiary alicyclic amines) is 1. The van der Waals surface area contributed by atoms with Crippen molar-refractivity contribution in [3.8, 4) is 0 Å². The van der Waals surface area contributed by atoms with Gasteiger partial charge in [0.25, 0.3) is 10.2 Å². The molecule has 150 valence electrons. The average molecular weight is 396 g/mol. The van der Waals surface area contributed by atoms with Crippen molar-refractivity contribution < 1.29 is 13.2 Å². The second-order valence-electron chi connectivity index (χ2n) is 7.18. The van der Waals surface area contributed by atoms with E-state index in [0.29, 0.717) is 39.1 Å². The molecule has 27 heavy (non-hydrogen) atoms. The Kier molecular flexibility index (Phi) is 6.12. The van der Waals surface area contributed by atoms with Gasteiger partial charge in [-0.1, -0.05) is 13.8 Å². The third-order valence-electron chi connectivity index (χ3n) is 5.51. The van der Waals surface area contributed by atoms with Crippen molar-refractivity contribution in [1.29, 1.82) is 0 Å². The molecule has 8 nitrogen and oxygen atoms in total. The lowest BCUT2D eigenvalue weighted by Gasteiger charge is -2.33. The van der Waals surface area contributed by atoms with E-state index in [1.165, 1.54) is 8.61 Å². The lowest BCUT2D eigenvalue weighted by Crippen LogP contribution is -2.46. The SMILES string of the molecule is CCN(CC)S(=O)(=O)N1CCc2nc(C3CCCN(C(C)=O)C3)ncc2C1. The van der Waals surface area contributed by atoms with E-state index >= 15 is 0 Å². The zero-order valence-electron chi connectivity index (χ0n) is 16.4. The molecule has 0 spiro atoms. The molecule has 1 atom stereocenters. The highest BCUT2D eigenvalue weighted by Gasteiger charge is 2.32. The summed E-state index contributed by atoms with van der Waals surface area (Å²) in [6.45, 7) is 8.45. The summed E-state index contributed by atoms with van der Waals surface area (Å²) in [5.74, 6) is 1.03. The molecule has 3 heterocycles. The number of fused-ring (bicyclic) bond motifs is 1. The number of carbonyl (C=O) groups is 1. The first-order valence-corrected chi connectivity index (χ1v) is 11.1. The van der Waals surface area contributed by atoms with E-state index in [1.807, 2.05) is 18.7 Å². The van der Waals surface area contributed by atoms with Gasteiger partial charge in [0.05, 0.1) is 0 Å². The van der Waals surface area contributed by atoms with Gasteiger partial charge < -0.3 is 4.90 Å². The van der Waals surface area contributed by atoms with Crippen LogP contribution in [0.15, 0.2) is 6.20 Å². The molecule has 0 bridgehead atoms. The number of aromatic nitrogens is 2. The van der Waals surface area contributed by atoms with Crippen molar-refractivity contribution in [1.82, 2.24) is 23.5 Å². The molecule has 0 saturated carbocycles. The van der Waals surface area contributed by atoms with Crippen LogP contribution in [0.1, 0.15) is 56.6 Å². The Morgan fingerprint density at radius 3 is 2.70 bits per heavy atom. The fraction of sp³-hybridized carbons (Fsp3) is 0.722. The summed E-state index contributed by atoms with van der Waals surface area (Å²) in [6.07, 6.45) is 4.30. The third-order valence-corrected chi connectivity index (χ3v) is 7.64. The van der Waals surface area contributed by atoms with Crippen molar-refractivity contribution >= 4 is 16.1 Å². The van der Waals surface area contributed by atoms with Crippen LogP contribution in [0.2, 0.25) is 0 Å². The van der Waals surface area contributed by atoms with E-state index < -0.39 is 10.2 Å². The molecular weight excluding hydrogens is 366 g/mol. The zero-order valence-corrected chi connectivity index (χ0v) is 17.2. The first kappa shape index (κ1) is 20.2. The van der Waals surface area contributed by atoms with Gasteiger partial charge in [0.15, 0.2) is 0 Å². The van der Waals surface area contributed by atoms with E-state index in [-0.39, 0.29) is 11.8 Å². The van der Waals surface area contributed by atoms with Crippen molar-refractivity contribution in [2.45, 2.75) is 52.5 Å². The van der Waals surface area contributed by atoms with Gasteiger partial charge in [-0.15, -0.1) is 0 Å². The molecule has 0 radical (unpaired) electrons. The number of piperidine rings is 1. The topological polar surface area (TPSA) is 86.7 Å². The monoisotopic (exact) mass is 395 g/mol. The first-order valence-electron chi connectivity index (χ1n) is 9.72. The van der Waals surface area contributed by atoms with Gasteiger partial charge in [0.2, 0.25) is 5.91 Å². The largest absolute Gasteiger partial charge is 0.342 e. The molecule has 1 aromatic heterocycles. The van der Waals surface area contributed by atoms with Crippen LogP contribution in [-0.2, 0) is 28.0 Å². The summed E-state index contributed by atoms with van der Waals surface area (Å²) in [6, 6.07) is 0. The number of hydrogen-bond acceptors (Lipinski definition) is 5. The third kappa shape index (κ3) is 4.14. The molecule has 1 fully saturated rings. The zero-order chi connectivity index (χ0) is 19.6. The summed E-state index contributed by atoms with van der Waals surface area (Å²) in [4.78, 5) is 22.8. The number of amides is 1. The summed E-state index contributed by atoms with van der Waals surface area (Å²) in [5, 5.41) is 0. The molecule has 0 N–H and O–H groups in total. The van der Waals surface area contributed by atoms with Crippen LogP contribution < -0.4 is 0 Å². The van der Waals surface area contributed by atoms with Crippen LogP contribution in [0, 0.1) is 0 Å². The highest BCUT2D eigenvalue weighted by Crippen LogP contribution is 2.27. The van der Waals surface area contributed by atoms with Gasteiger partial charge in [0.1, 0.15) is 5.82 Å². The van der Waals surface area contributed by atoms with Crippen LogP contribution in [0.3, 0.4) is 0 Å². The molecule has 0 aromatic carbocycles. The molecule has 0 aliphatic carbocycles. The van der Waals surface area contributed by atoms with Crippen LogP contribution >= 0.6 is 0 Å². The van der Waals surface area contributed by atoms with Crippen LogP contribution in [0.5, 0.6) is 0 Å². The fourth-order valence-electron chi connectivity index (χ4n) is 3.89. The standard InChI is InChI=1S/C18H29N5O3S/c1-4-22(5-2)27(25,26)23-10-8-17-16(13-23)11-19-18(20-17)15-7-6-9-21(12-15)14(3)24/h11,15H,4-10,12-13H2,1-3H3. The Bertz CT molecular complexity index is 794. The number of hydrogen-bond donors (Lipinski definition) is 0. The van der Waals surface area contributed by atoms with E-state index in [2.05, 4.69) is 4.98 Å². The van der Waals surface area contributed by atoms with Crippen LogP contribution in [0.4, 0.5) is 0 Å². The molecule has 1 amide bonds. The lowest BCUT2D eigenvalue weighted by molar-refractivity contribution is -0.130. The molecule has 2 aliphatic rings. The molecule has 1 unspecified atom stereocenters. The van der Waals surface area contributed by atoms with E-state index in [9.17, 15) is 13.2 Å². The van der Waals surface area contributed by atoms with Crippen LogP contribution in [-0.4, -0.2) is 70.5 Å². The van der Waals surface area contributed by atoms with Gasteiger partial charge in [-0.3, -0.25) is 4.79 Å². The van der Waals surface area contributed by atoms with Gasteiger partial charge in [0, 0.05) is 76.0 Å². The second-order valence-corrected chi connectivity index (χ2v) is 9.11. The fourth-order valence-corrected chi connectivity index (χ4v) is 5.49. The molecule has 9 heteroatoms. The predicted molar refractivity (Wildman–Crippen MR) is 102 cm³/mol. The summed E-state index contributed by atoms with van der Waals surface area (Å²) < 4.78 is 28.5. The minimum atomic E-state index is -3.45. The lowest BCUT2D eigenvalue weighted by atomic mass is 9.96. The molecular formula is C18H29N5O3S. The second kappa shape index (κ2) is 8.20. The maximum Gasteiger partial charge on any atom is 0.282 e. The van der Waals surface area contributed by atoms with Gasteiger partial charge in [-0.25, -0.2) is 9.97 Å². The average Bonchev–Trinajstić information content (AvgIpc) is 2.68. The van der Waals surface area contributed by atoms with Crippen LogP contribution in [0.25, 0.3) is 0 Å². The minimum Gasteiger partial charge on any atom is -0.342 e. The Morgan fingerprint density at radius 2 is 2.04 bits per heavy atom. The smallest absolute Gasteiger partial charge is 0.282 e. The molecule has 2 aliphatic heterocycles. The predicted octanol–water partition coefficient (Wildman–Crippen LogP) is 1.15. The van der Waals surface area contributed by atoms with E-state index in [0.717, 1.165) is 36.5 Å². The Balaban J connectivity index is 1.76. The quantitative estimate of drug-likeness (QED) is 0.746. The normalized spacial score (nSPS) is 21.3. The van der Waals surface area contributed by atoms with Crippen molar-refractivity contribution in [3.63, 3.8) is 0 Å². The Labute approximate surface area is 161 Å². The summed E-state index contributed by atoms with van der Waals surface area (Å²) in [7, 11) is -3.45. The van der Waals surface area contributed by atoms with E-state index in [4.69, 9.17) is 4.98 Å². The van der Waals surface area contributed by atoms with Gasteiger partial charge in [-0.05, 0) is 12.8 Å². The first-order chi connectivity index (χ1) is 12.9. The maximum absolute atomic E-state index is 12.7. The Hall–Kier alpha value is -1.58. The summed E-state index contributed by atoms with van der Waals surface area (Å²) in [5.41, 5.74) is 1.81. The van der Waals surface area contributed by atoms with Crippen molar-refractivity contribution in [2.24, 2.45) is 0 Å². The van der Waals surface area contributed by atoms with E-state index in [1.54, 1.807) is 13.1 Å². The number of nitrogens with zero attached hydrogens (tertiary/aromatic N) is 5. The van der Waals surface area contributed by atoms with Gasteiger partial charge in [-0.2, -0.15) is 17.0 Å². The highest BCUT2D eigenvalue weighted by molar-refractivity contribution is 7.86. The van der Waals surface area contributed by atoms with Crippen molar-refractivity contribution in [2.75, 3.05) is 32.7 Å². The number of rotatable bonds is 5. The molecule has 3 rings (SSSR count). The highest BCUT2D eigenvalue weighted by atomic mass is 32.2. The summed E-state index contributed by atoms with van der Waals surface area (Å²) >= 11 is 0. The minimum absolute atomic E-state index is 0.0925. The number of carbonyl (C=O) groups excluding carboxylic acids is 1.